The number of hydrogen-bond acceptors (Lipinski definition) is 2. The minimum Gasteiger partial charge on any atom is -0.353 e. The zero-order valence-corrected chi connectivity index (χ0v) is 13.3. The predicted molar refractivity (Wildman–Crippen MR) is 85.0 cm³/mol. The zero-order valence-electron chi connectivity index (χ0n) is 13.3. The predicted octanol–water partition coefficient (Wildman–Crippen LogP) is 2.26. The first-order chi connectivity index (χ1) is 10.5. The molecule has 2 aliphatic rings. The highest BCUT2D eigenvalue weighted by atomic mass is 16.2. The SMILES string of the molecule is Cc1ccc(CN2CC(C(=O)NC(C)C3CC3)CC2=O)cc1. The molecule has 1 aliphatic heterocycles. The second kappa shape index (κ2) is 6.11. The van der Waals surface area contributed by atoms with E-state index in [2.05, 4.69) is 24.4 Å². The van der Waals surface area contributed by atoms with Crippen molar-refractivity contribution in [3.8, 4) is 0 Å². The van der Waals surface area contributed by atoms with Crippen LogP contribution >= 0.6 is 0 Å². The number of hydrogen-bond donors (Lipinski definition) is 1. The van der Waals surface area contributed by atoms with Crippen LogP contribution in [-0.4, -0.2) is 29.3 Å². The molecule has 22 heavy (non-hydrogen) atoms. The highest BCUT2D eigenvalue weighted by Gasteiger charge is 2.36. The minimum absolute atomic E-state index is 0.0409. The van der Waals surface area contributed by atoms with Crippen LogP contribution in [0.1, 0.15) is 37.3 Å². The van der Waals surface area contributed by atoms with Crippen molar-refractivity contribution < 1.29 is 9.59 Å². The molecule has 1 aliphatic carbocycles. The fourth-order valence-corrected chi connectivity index (χ4v) is 3.07. The number of rotatable bonds is 5. The molecule has 3 rings (SSSR count). The Kier molecular flexibility index (Phi) is 4.19. The van der Waals surface area contributed by atoms with E-state index >= 15 is 0 Å². The fraction of sp³-hybridized carbons (Fsp3) is 0.556. The molecule has 1 saturated heterocycles. The Balaban J connectivity index is 1.55. The van der Waals surface area contributed by atoms with Crippen LogP contribution in [0.15, 0.2) is 24.3 Å². The number of nitrogens with zero attached hydrogens (tertiary/aromatic N) is 1. The number of carbonyl (C=O) groups is 2. The maximum Gasteiger partial charge on any atom is 0.225 e. The molecule has 1 heterocycles. The zero-order chi connectivity index (χ0) is 15.7. The van der Waals surface area contributed by atoms with Crippen LogP contribution in [0.25, 0.3) is 0 Å². The molecule has 1 aromatic carbocycles. The van der Waals surface area contributed by atoms with Gasteiger partial charge in [-0.3, -0.25) is 9.59 Å². The molecule has 1 saturated carbocycles. The Morgan fingerprint density at radius 1 is 1.32 bits per heavy atom. The van der Waals surface area contributed by atoms with E-state index in [-0.39, 0.29) is 23.8 Å². The Labute approximate surface area is 131 Å². The van der Waals surface area contributed by atoms with Crippen molar-refractivity contribution in [3.05, 3.63) is 35.4 Å². The van der Waals surface area contributed by atoms with Gasteiger partial charge in [-0.1, -0.05) is 29.8 Å². The Hall–Kier alpha value is -1.84. The summed E-state index contributed by atoms with van der Waals surface area (Å²) < 4.78 is 0. The monoisotopic (exact) mass is 300 g/mol. The van der Waals surface area contributed by atoms with E-state index in [1.54, 1.807) is 4.90 Å². The Bertz CT molecular complexity index is 563. The van der Waals surface area contributed by atoms with Crippen LogP contribution in [0.2, 0.25) is 0 Å². The number of likely N-dealkylation sites (tertiary alicyclic amines) is 1. The normalized spacial score (nSPS) is 22.7. The van der Waals surface area contributed by atoms with E-state index in [0.29, 0.717) is 25.4 Å². The molecule has 0 aromatic heterocycles. The van der Waals surface area contributed by atoms with Gasteiger partial charge in [0.05, 0.1) is 5.92 Å². The molecule has 2 amide bonds. The van der Waals surface area contributed by atoms with Gasteiger partial charge >= 0.3 is 0 Å². The highest BCUT2D eigenvalue weighted by molar-refractivity contribution is 5.89. The molecule has 2 fully saturated rings. The smallest absolute Gasteiger partial charge is 0.225 e. The second-order valence-corrected chi connectivity index (χ2v) is 6.80. The van der Waals surface area contributed by atoms with Crippen LogP contribution < -0.4 is 5.32 Å². The lowest BCUT2D eigenvalue weighted by Gasteiger charge is -2.18. The maximum absolute atomic E-state index is 12.3. The quantitative estimate of drug-likeness (QED) is 0.907. The van der Waals surface area contributed by atoms with Crippen molar-refractivity contribution in [1.29, 1.82) is 0 Å². The van der Waals surface area contributed by atoms with Crippen LogP contribution in [0, 0.1) is 18.8 Å². The summed E-state index contributed by atoms with van der Waals surface area (Å²) in [6.07, 6.45) is 2.77. The number of nitrogens with one attached hydrogen (secondary N) is 1. The van der Waals surface area contributed by atoms with Crippen molar-refractivity contribution in [2.45, 2.75) is 45.7 Å². The molecule has 118 valence electrons. The number of amides is 2. The van der Waals surface area contributed by atoms with Gasteiger partial charge in [-0.25, -0.2) is 0 Å². The average Bonchev–Trinajstić information content (AvgIpc) is 3.27. The van der Waals surface area contributed by atoms with Crippen molar-refractivity contribution in [3.63, 3.8) is 0 Å². The van der Waals surface area contributed by atoms with E-state index in [1.807, 2.05) is 19.1 Å². The largest absolute Gasteiger partial charge is 0.353 e. The third-order valence-corrected chi connectivity index (χ3v) is 4.78. The summed E-state index contributed by atoms with van der Waals surface area (Å²) in [6.45, 7) is 5.25. The summed E-state index contributed by atoms with van der Waals surface area (Å²) in [5, 5.41) is 3.08. The lowest BCUT2D eigenvalue weighted by Crippen LogP contribution is -2.39. The van der Waals surface area contributed by atoms with Gasteiger partial charge in [0.15, 0.2) is 0 Å². The van der Waals surface area contributed by atoms with E-state index in [9.17, 15) is 9.59 Å². The summed E-state index contributed by atoms with van der Waals surface area (Å²) in [6, 6.07) is 8.44. The molecular formula is C18H24N2O2. The van der Waals surface area contributed by atoms with Gasteiger partial charge in [-0.2, -0.15) is 0 Å². The van der Waals surface area contributed by atoms with Gasteiger partial charge < -0.3 is 10.2 Å². The fourth-order valence-electron chi connectivity index (χ4n) is 3.07. The molecule has 4 nitrogen and oxygen atoms in total. The van der Waals surface area contributed by atoms with Crippen LogP contribution in [0.3, 0.4) is 0 Å². The maximum atomic E-state index is 12.3. The first-order valence-corrected chi connectivity index (χ1v) is 8.16. The lowest BCUT2D eigenvalue weighted by atomic mass is 10.1. The molecule has 0 bridgehead atoms. The molecule has 2 unspecified atom stereocenters. The van der Waals surface area contributed by atoms with Gasteiger partial charge in [-0.15, -0.1) is 0 Å². The second-order valence-electron chi connectivity index (χ2n) is 6.80. The van der Waals surface area contributed by atoms with Crippen LogP contribution in [0.5, 0.6) is 0 Å². The van der Waals surface area contributed by atoms with Crippen molar-refractivity contribution in [2.75, 3.05) is 6.54 Å². The van der Waals surface area contributed by atoms with Gasteiger partial charge in [0, 0.05) is 25.6 Å². The summed E-state index contributed by atoms with van der Waals surface area (Å²) in [5.41, 5.74) is 2.33. The summed E-state index contributed by atoms with van der Waals surface area (Å²) in [4.78, 5) is 26.2. The first-order valence-electron chi connectivity index (χ1n) is 8.16. The number of carbonyl (C=O) groups excluding carboxylic acids is 2. The molecular weight excluding hydrogens is 276 g/mol. The number of aryl methyl sites for hydroxylation is 1. The lowest BCUT2D eigenvalue weighted by molar-refractivity contribution is -0.129. The van der Waals surface area contributed by atoms with Gasteiger partial charge in [0.1, 0.15) is 0 Å². The molecule has 2 atom stereocenters. The van der Waals surface area contributed by atoms with Crippen molar-refractivity contribution in [2.24, 2.45) is 11.8 Å². The Morgan fingerprint density at radius 3 is 2.64 bits per heavy atom. The van der Waals surface area contributed by atoms with Gasteiger partial charge in [0.2, 0.25) is 11.8 Å². The summed E-state index contributed by atoms with van der Waals surface area (Å²) in [5.74, 6) is 0.572. The van der Waals surface area contributed by atoms with E-state index < -0.39 is 0 Å². The number of benzene rings is 1. The minimum atomic E-state index is -0.195. The standard InChI is InChI=1S/C18H24N2O2/c1-12-3-5-14(6-4-12)10-20-11-16(9-17(20)21)18(22)19-13(2)15-7-8-15/h3-6,13,15-16H,7-11H2,1-2H3,(H,19,22). The molecule has 0 spiro atoms. The van der Waals surface area contributed by atoms with Crippen LogP contribution in [-0.2, 0) is 16.1 Å². The van der Waals surface area contributed by atoms with Crippen molar-refractivity contribution >= 4 is 11.8 Å². The molecule has 4 heteroatoms. The highest BCUT2D eigenvalue weighted by Crippen LogP contribution is 2.32. The molecule has 0 radical (unpaired) electrons. The topological polar surface area (TPSA) is 49.4 Å². The summed E-state index contributed by atoms with van der Waals surface area (Å²) >= 11 is 0. The third-order valence-electron chi connectivity index (χ3n) is 4.78. The van der Waals surface area contributed by atoms with Gasteiger partial charge in [0.25, 0.3) is 0 Å². The van der Waals surface area contributed by atoms with Gasteiger partial charge in [-0.05, 0) is 38.2 Å². The molecule has 1 aromatic rings. The molecule has 1 N–H and O–H groups in total. The summed E-state index contributed by atoms with van der Waals surface area (Å²) in [7, 11) is 0. The van der Waals surface area contributed by atoms with E-state index in [0.717, 1.165) is 5.56 Å². The third kappa shape index (κ3) is 3.49. The van der Waals surface area contributed by atoms with Crippen LogP contribution in [0.4, 0.5) is 0 Å². The first kappa shape index (κ1) is 15.1. The Morgan fingerprint density at radius 2 is 2.00 bits per heavy atom. The van der Waals surface area contributed by atoms with E-state index in [1.165, 1.54) is 18.4 Å². The van der Waals surface area contributed by atoms with E-state index in [4.69, 9.17) is 0 Å². The van der Waals surface area contributed by atoms with Crippen molar-refractivity contribution in [1.82, 2.24) is 10.2 Å². The average molecular weight is 300 g/mol.